The molecule has 0 radical (unpaired) electrons. The fraction of sp³-hybridized carbons (Fsp3) is 0.696. The van der Waals surface area contributed by atoms with E-state index in [1.54, 1.807) is 4.90 Å². The molecule has 2 aliphatic rings. The van der Waals surface area contributed by atoms with Crippen molar-refractivity contribution in [2.45, 2.75) is 72.8 Å². The fourth-order valence-electron chi connectivity index (χ4n) is 4.46. The number of carbonyl (C=O) groups excluding carboxylic acids is 2. The molecule has 3 N–H and O–H groups in total. The second-order valence-corrected chi connectivity index (χ2v) is 9.19. The van der Waals surface area contributed by atoms with Crippen molar-refractivity contribution in [2.24, 2.45) is 28.5 Å². The van der Waals surface area contributed by atoms with E-state index in [2.05, 4.69) is 43.2 Å². The van der Waals surface area contributed by atoms with Crippen molar-refractivity contribution in [3.63, 3.8) is 0 Å². The second-order valence-electron chi connectivity index (χ2n) is 9.19. The molecule has 1 aliphatic heterocycles. The van der Waals surface area contributed by atoms with Gasteiger partial charge in [-0.1, -0.05) is 46.8 Å². The van der Waals surface area contributed by atoms with Crippen LogP contribution in [-0.4, -0.2) is 41.3 Å². The first-order chi connectivity index (χ1) is 13.6. The zero-order chi connectivity index (χ0) is 21.8. The van der Waals surface area contributed by atoms with E-state index in [-0.39, 0.29) is 17.7 Å². The van der Waals surface area contributed by atoms with Gasteiger partial charge in [0.25, 0.3) is 5.91 Å². The van der Waals surface area contributed by atoms with Crippen LogP contribution in [0.2, 0.25) is 0 Å². The van der Waals surface area contributed by atoms with E-state index in [9.17, 15) is 9.59 Å². The lowest BCUT2D eigenvalue weighted by atomic mass is 9.89. The Bertz CT molecular complexity index is 718. The molecule has 2 amide bonds. The first-order valence-corrected chi connectivity index (χ1v) is 10.9. The van der Waals surface area contributed by atoms with Crippen LogP contribution < -0.4 is 11.1 Å². The first-order valence-electron chi connectivity index (χ1n) is 10.9. The number of hydrogen-bond acceptors (Lipinski definition) is 4. The van der Waals surface area contributed by atoms with E-state index < -0.39 is 5.54 Å². The summed E-state index contributed by atoms with van der Waals surface area (Å²) in [6, 6.07) is 0. The number of allylic oxidation sites excluding steroid dienone is 1. The summed E-state index contributed by atoms with van der Waals surface area (Å²) >= 11 is 0. The second kappa shape index (κ2) is 9.59. The monoisotopic (exact) mass is 402 g/mol. The minimum atomic E-state index is -0.763. The summed E-state index contributed by atoms with van der Waals surface area (Å²) in [7, 11) is 0. The molecule has 0 saturated carbocycles. The summed E-state index contributed by atoms with van der Waals surface area (Å²) in [6.45, 7) is 13.3. The Balaban J connectivity index is 2.05. The highest BCUT2D eigenvalue weighted by Gasteiger charge is 2.44. The Morgan fingerprint density at radius 2 is 2.03 bits per heavy atom. The van der Waals surface area contributed by atoms with Gasteiger partial charge in [0.05, 0.1) is 6.54 Å². The highest BCUT2D eigenvalue weighted by Crippen LogP contribution is 2.30. The van der Waals surface area contributed by atoms with Crippen molar-refractivity contribution >= 4 is 17.8 Å². The average molecular weight is 403 g/mol. The van der Waals surface area contributed by atoms with Crippen LogP contribution in [0.5, 0.6) is 0 Å². The molecule has 162 valence electrons. The van der Waals surface area contributed by atoms with Gasteiger partial charge in [-0.15, -0.1) is 0 Å². The van der Waals surface area contributed by atoms with Gasteiger partial charge in [0.2, 0.25) is 5.91 Å². The molecule has 2 atom stereocenters. The van der Waals surface area contributed by atoms with Gasteiger partial charge < -0.3 is 11.1 Å². The van der Waals surface area contributed by atoms with Crippen molar-refractivity contribution in [1.82, 2.24) is 10.2 Å². The Kier molecular flexibility index (Phi) is 7.66. The Morgan fingerprint density at radius 3 is 2.62 bits per heavy atom. The number of guanidine groups is 1. The molecule has 0 aromatic heterocycles. The number of aliphatic imine (C=N–C) groups is 1. The van der Waals surface area contributed by atoms with Gasteiger partial charge in [0.15, 0.2) is 5.96 Å². The number of nitrogens with two attached hydrogens (primary N) is 1. The highest BCUT2D eigenvalue weighted by molar-refractivity contribution is 6.06. The largest absolute Gasteiger partial charge is 0.369 e. The molecule has 6 heteroatoms. The molecule has 0 bridgehead atoms. The van der Waals surface area contributed by atoms with E-state index in [0.717, 1.165) is 30.4 Å². The average Bonchev–Trinajstić information content (AvgIpc) is 2.83. The van der Waals surface area contributed by atoms with Gasteiger partial charge in [-0.3, -0.25) is 14.5 Å². The van der Waals surface area contributed by atoms with Crippen LogP contribution in [0.1, 0.15) is 67.2 Å². The number of carbonyl (C=O) groups is 2. The molecule has 1 aliphatic carbocycles. The molecule has 0 aromatic carbocycles. The van der Waals surface area contributed by atoms with E-state index in [1.165, 1.54) is 0 Å². The van der Waals surface area contributed by atoms with Crippen molar-refractivity contribution in [3.8, 4) is 0 Å². The smallest absolute Gasteiger partial charge is 0.257 e. The van der Waals surface area contributed by atoms with Crippen molar-refractivity contribution in [1.29, 1.82) is 0 Å². The van der Waals surface area contributed by atoms with E-state index in [1.807, 2.05) is 20.8 Å². The number of nitrogens with one attached hydrogen (secondary N) is 1. The minimum absolute atomic E-state index is 0.0182. The lowest BCUT2D eigenvalue weighted by molar-refractivity contribution is -0.131. The number of amides is 2. The standard InChI is InChI=1S/C23H38N4O2/c1-7-19(8-2)20(28)25-13-17-9-16(5)10-18(11-17)14-27-21(29)23(6,12-15(3)4)26-22(27)24/h9,11,15-16,19H,7-8,10,12-14H2,1-6H3,(H2,24,26)(H,25,28). The molecule has 1 heterocycles. The van der Waals surface area contributed by atoms with Gasteiger partial charge in [0.1, 0.15) is 5.54 Å². The van der Waals surface area contributed by atoms with Crippen molar-refractivity contribution in [2.75, 3.05) is 13.1 Å². The molecule has 6 nitrogen and oxygen atoms in total. The summed E-state index contributed by atoms with van der Waals surface area (Å²) in [5, 5.41) is 3.06. The number of hydrogen-bond donors (Lipinski definition) is 2. The number of rotatable bonds is 9. The minimum Gasteiger partial charge on any atom is -0.369 e. The summed E-state index contributed by atoms with van der Waals surface area (Å²) < 4.78 is 0. The SMILES string of the molecule is CCC(CC)C(=O)NCC1=CC(C)CC(CN2C(=O)C(C)(CC(C)C)N=C2N)=C1. The third-order valence-electron chi connectivity index (χ3n) is 5.81. The van der Waals surface area contributed by atoms with E-state index in [0.29, 0.717) is 37.3 Å². The first kappa shape index (κ1) is 23.2. The fourth-order valence-corrected chi connectivity index (χ4v) is 4.46. The predicted molar refractivity (Wildman–Crippen MR) is 118 cm³/mol. The van der Waals surface area contributed by atoms with Crippen LogP contribution in [0.4, 0.5) is 0 Å². The maximum absolute atomic E-state index is 13.0. The van der Waals surface area contributed by atoms with Gasteiger partial charge in [-0.2, -0.15) is 0 Å². The Labute approximate surface area is 175 Å². The van der Waals surface area contributed by atoms with E-state index in [4.69, 9.17) is 5.73 Å². The van der Waals surface area contributed by atoms with Crippen LogP contribution in [0.15, 0.2) is 28.3 Å². The van der Waals surface area contributed by atoms with Gasteiger partial charge >= 0.3 is 0 Å². The lowest BCUT2D eigenvalue weighted by Crippen LogP contribution is -2.44. The molecule has 2 rings (SSSR count). The van der Waals surface area contributed by atoms with Gasteiger partial charge in [-0.05, 0) is 55.6 Å². The van der Waals surface area contributed by atoms with Crippen LogP contribution in [0.25, 0.3) is 0 Å². The van der Waals surface area contributed by atoms with Crippen LogP contribution in [0, 0.1) is 17.8 Å². The van der Waals surface area contributed by atoms with Crippen molar-refractivity contribution < 1.29 is 9.59 Å². The summed E-state index contributed by atoms with van der Waals surface area (Å²) in [6.07, 6.45) is 7.57. The predicted octanol–water partition coefficient (Wildman–Crippen LogP) is 3.39. The number of nitrogens with zero attached hydrogens (tertiary/aromatic N) is 2. The topological polar surface area (TPSA) is 87.8 Å². The maximum atomic E-state index is 13.0. The molecular weight excluding hydrogens is 364 g/mol. The van der Waals surface area contributed by atoms with E-state index >= 15 is 0 Å². The van der Waals surface area contributed by atoms with Crippen LogP contribution in [-0.2, 0) is 9.59 Å². The zero-order valence-electron chi connectivity index (χ0n) is 18.9. The molecule has 0 spiro atoms. The Hall–Kier alpha value is -2.11. The molecule has 0 saturated heterocycles. The van der Waals surface area contributed by atoms with Crippen molar-refractivity contribution in [3.05, 3.63) is 23.3 Å². The van der Waals surface area contributed by atoms with Gasteiger partial charge in [0, 0.05) is 12.5 Å². The highest BCUT2D eigenvalue weighted by atomic mass is 16.2. The molecule has 0 aromatic rings. The molecule has 29 heavy (non-hydrogen) atoms. The third kappa shape index (κ3) is 5.71. The zero-order valence-corrected chi connectivity index (χ0v) is 18.9. The maximum Gasteiger partial charge on any atom is 0.257 e. The molecular formula is C23H38N4O2. The van der Waals surface area contributed by atoms with Gasteiger partial charge in [-0.25, -0.2) is 4.99 Å². The lowest BCUT2D eigenvalue weighted by Gasteiger charge is -2.26. The molecule has 0 fully saturated rings. The van der Waals surface area contributed by atoms with Crippen LogP contribution in [0.3, 0.4) is 0 Å². The summed E-state index contributed by atoms with van der Waals surface area (Å²) in [5.74, 6) is 1.19. The summed E-state index contributed by atoms with van der Waals surface area (Å²) in [5.41, 5.74) is 7.60. The Morgan fingerprint density at radius 1 is 1.38 bits per heavy atom. The quantitative estimate of drug-likeness (QED) is 0.620. The normalized spacial score (nSPS) is 24.7. The van der Waals surface area contributed by atoms with Crippen LogP contribution >= 0.6 is 0 Å². The third-order valence-corrected chi connectivity index (χ3v) is 5.81. The molecule has 2 unspecified atom stereocenters. The summed E-state index contributed by atoms with van der Waals surface area (Å²) in [4.78, 5) is 31.4.